The lowest BCUT2D eigenvalue weighted by Crippen LogP contribution is -2.49. The Hall–Kier alpha value is -0.160. The van der Waals surface area contributed by atoms with E-state index in [1.54, 1.807) is 0 Å². The van der Waals surface area contributed by atoms with Crippen LogP contribution < -0.4 is 5.32 Å². The Labute approximate surface area is 119 Å². The van der Waals surface area contributed by atoms with E-state index < -0.39 is 0 Å². The first-order valence-electron chi connectivity index (χ1n) is 8.23. The molecule has 0 spiro atoms. The van der Waals surface area contributed by atoms with Gasteiger partial charge in [-0.05, 0) is 25.9 Å². The summed E-state index contributed by atoms with van der Waals surface area (Å²) in [5, 5.41) is 3.58. The van der Waals surface area contributed by atoms with Gasteiger partial charge in [-0.15, -0.1) is 0 Å². The van der Waals surface area contributed by atoms with Crippen LogP contribution in [-0.2, 0) is 0 Å². The second-order valence-corrected chi connectivity index (χ2v) is 5.89. The summed E-state index contributed by atoms with van der Waals surface area (Å²) in [5.74, 6) is 0. The first-order chi connectivity index (χ1) is 9.33. The molecule has 112 valence electrons. The first kappa shape index (κ1) is 15.2. The molecule has 0 bridgehead atoms. The first-order valence-corrected chi connectivity index (χ1v) is 8.23. The molecular weight excluding hydrogens is 236 g/mol. The molecule has 0 atom stereocenters. The van der Waals surface area contributed by atoms with Crippen molar-refractivity contribution in [1.29, 1.82) is 0 Å². The lowest BCUT2D eigenvalue weighted by Gasteiger charge is -2.34. The molecular formula is C15H32N4. The van der Waals surface area contributed by atoms with Crippen molar-refractivity contribution in [1.82, 2.24) is 20.0 Å². The van der Waals surface area contributed by atoms with Crippen LogP contribution in [0.25, 0.3) is 0 Å². The topological polar surface area (TPSA) is 21.8 Å². The molecule has 0 aromatic rings. The largest absolute Gasteiger partial charge is 0.314 e. The maximum Gasteiger partial charge on any atom is 0.0113 e. The van der Waals surface area contributed by atoms with Gasteiger partial charge in [0.25, 0.3) is 0 Å². The molecule has 1 aliphatic carbocycles. The molecule has 1 saturated heterocycles. The number of likely N-dealkylation sites (N-methyl/N-ethyl adjacent to an activating group) is 1. The Kier molecular flexibility index (Phi) is 6.57. The van der Waals surface area contributed by atoms with Crippen LogP contribution in [0.3, 0.4) is 0 Å². The van der Waals surface area contributed by atoms with E-state index >= 15 is 0 Å². The maximum atomic E-state index is 3.58. The quantitative estimate of drug-likeness (QED) is 0.621. The third-order valence-corrected chi connectivity index (χ3v) is 4.57. The Morgan fingerprint density at radius 1 is 1.00 bits per heavy atom. The van der Waals surface area contributed by atoms with Crippen molar-refractivity contribution in [3.05, 3.63) is 0 Å². The van der Waals surface area contributed by atoms with E-state index in [9.17, 15) is 0 Å². The van der Waals surface area contributed by atoms with Crippen LogP contribution in [0.15, 0.2) is 0 Å². The van der Waals surface area contributed by atoms with Crippen LogP contribution in [0, 0.1) is 0 Å². The SMILES string of the molecule is CCN(CC)CCNCCN1CCN(C2CC2)CC1. The summed E-state index contributed by atoms with van der Waals surface area (Å²) < 4.78 is 0. The normalized spacial score (nSPS) is 22.3. The van der Waals surface area contributed by atoms with Crippen molar-refractivity contribution >= 4 is 0 Å². The molecule has 2 rings (SSSR count). The molecule has 0 amide bonds. The number of hydrogen-bond donors (Lipinski definition) is 1. The van der Waals surface area contributed by atoms with Crippen LogP contribution in [0.1, 0.15) is 26.7 Å². The van der Waals surface area contributed by atoms with Crippen molar-refractivity contribution in [2.24, 2.45) is 0 Å². The molecule has 0 aromatic carbocycles. The summed E-state index contributed by atoms with van der Waals surface area (Å²) in [6, 6.07) is 0.953. The molecule has 4 heteroatoms. The molecule has 1 heterocycles. The number of piperazine rings is 1. The van der Waals surface area contributed by atoms with E-state index in [2.05, 4.69) is 33.9 Å². The van der Waals surface area contributed by atoms with Gasteiger partial charge in [-0.2, -0.15) is 0 Å². The Balaban J connectivity index is 1.45. The van der Waals surface area contributed by atoms with Crippen molar-refractivity contribution in [3.8, 4) is 0 Å². The Morgan fingerprint density at radius 2 is 1.68 bits per heavy atom. The molecule has 0 unspecified atom stereocenters. The van der Waals surface area contributed by atoms with Gasteiger partial charge in [0.05, 0.1) is 0 Å². The minimum absolute atomic E-state index is 0.953. The highest BCUT2D eigenvalue weighted by Crippen LogP contribution is 2.27. The van der Waals surface area contributed by atoms with Gasteiger partial charge in [0.2, 0.25) is 0 Å². The average Bonchev–Trinajstić information content (AvgIpc) is 3.28. The van der Waals surface area contributed by atoms with Crippen LogP contribution >= 0.6 is 0 Å². The summed E-state index contributed by atoms with van der Waals surface area (Å²) >= 11 is 0. The predicted molar refractivity (Wildman–Crippen MR) is 81.7 cm³/mol. The van der Waals surface area contributed by atoms with Gasteiger partial charge in [0.1, 0.15) is 0 Å². The highest BCUT2D eigenvalue weighted by molar-refractivity contribution is 4.87. The van der Waals surface area contributed by atoms with E-state index in [0.717, 1.165) is 19.1 Å². The summed E-state index contributed by atoms with van der Waals surface area (Å²) in [7, 11) is 0. The zero-order valence-electron chi connectivity index (χ0n) is 12.9. The molecule has 19 heavy (non-hydrogen) atoms. The third-order valence-electron chi connectivity index (χ3n) is 4.57. The molecule has 4 nitrogen and oxygen atoms in total. The number of hydrogen-bond acceptors (Lipinski definition) is 4. The highest BCUT2D eigenvalue weighted by Gasteiger charge is 2.30. The predicted octanol–water partition coefficient (Wildman–Crippen LogP) is 0.698. The second kappa shape index (κ2) is 8.20. The molecule has 2 aliphatic rings. The zero-order chi connectivity index (χ0) is 13.5. The van der Waals surface area contributed by atoms with Crippen LogP contribution in [0.4, 0.5) is 0 Å². The lowest BCUT2D eigenvalue weighted by atomic mass is 10.3. The average molecular weight is 268 g/mol. The third kappa shape index (κ3) is 5.38. The summed E-state index contributed by atoms with van der Waals surface area (Å²) in [6.45, 7) is 16.6. The Bertz CT molecular complexity index is 230. The standard InChI is InChI=1S/C15H32N4/c1-3-17(4-2)9-7-16-8-10-18-11-13-19(14-12-18)15-5-6-15/h15-16H,3-14H2,1-2H3. The van der Waals surface area contributed by atoms with Gasteiger partial charge >= 0.3 is 0 Å². The molecule has 0 aromatic heterocycles. The van der Waals surface area contributed by atoms with Gasteiger partial charge in [0.15, 0.2) is 0 Å². The van der Waals surface area contributed by atoms with Gasteiger partial charge in [-0.1, -0.05) is 13.8 Å². The van der Waals surface area contributed by atoms with Gasteiger partial charge < -0.3 is 10.2 Å². The molecule has 2 fully saturated rings. The fourth-order valence-corrected chi connectivity index (χ4v) is 2.93. The smallest absolute Gasteiger partial charge is 0.0113 e. The fourth-order valence-electron chi connectivity index (χ4n) is 2.93. The fraction of sp³-hybridized carbons (Fsp3) is 1.00. The zero-order valence-corrected chi connectivity index (χ0v) is 12.9. The Morgan fingerprint density at radius 3 is 2.26 bits per heavy atom. The molecule has 0 radical (unpaired) electrons. The van der Waals surface area contributed by atoms with Crippen LogP contribution in [0.5, 0.6) is 0 Å². The van der Waals surface area contributed by atoms with E-state index in [1.165, 1.54) is 65.2 Å². The van der Waals surface area contributed by atoms with Gasteiger partial charge in [-0.25, -0.2) is 0 Å². The second-order valence-electron chi connectivity index (χ2n) is 5.89. The molecule has 1 aliphatic heterocycles. The van der Waals surface area contributed by atoms with Crippen molar-refractivity contribution in [2.75, 3.05) is 65.4 Å². The monoisotopic (exact) mass is 268 g/mol. The van der Waals surface area contributed by atoms with Gasteiger partial charge in [-0.3, -0.25) is 9.80 Å². The van der Waals surface area contributed by atoms with Crippen molar-refractivity contribution in [3.63, 3.8) is 0 Å². The lowest BCUT2D eigenvalue weighted by molar-refractivity contribution is 0.127. The highest BCUT2D eigenvalue weighted by atomic mass is 15.3. The van der Waals surface area contributed by atoms with E-state index in [4.69, 9.17) is 0 Å². The summed E-state index contributed by atoms with van der Waals surface area (Å²) in [6.07, 6.45) is 2.90. The summed E-state index contributed by atoms with van der Waals surface area (Å²) in [4.78, 5) is 7.77. The van der Waals surface area contributed by atoms with E-state index in [-0.39, 0.29) is 0 Å². The van der Waals surface area contributed by atoms with Crippen LogP contribution in [0.2, 0.25) is 0 Å². The number of nitrogens with one attached hydrogen (secondary N) is 1. The molecule has 1 N–H and O–H groups in total. The van der Waals surface area contributed by atoms with Gasteiger partial charge in [0, 0.05) is 58.4 Å². The summed E-state index contributed by atoms with van der Waals surface area (Å²) in [5.41, 5.74) is 0. The number of nitrogens with zero attached hydrogens (tertiary/aromatic N) is 3. The van der Waals surface area contributed by atoms with E-state index in [0.29, 0.717) is 0 Å². The van der Waals surface area contributed by atoms with Crippen LogP contribution in [-0.4, -0.2) is 86.2 Å². The minimum Gasteiger partial charge on any atom is -0.314 e. The van der Waals surface area contributed by atoms with E-state index in [1.807, 2.05) is 0 Å². The van der Waals surface area contributed by atoms with Crippen molar-refractivity contribution < 1.29 is 0 Å². The van der Waals surface area contributed by atoms with Crippen molar-refractivity contribution in [2.45, 2.75) is 32.7 Å². The number of rotatable bonds is 9. The molecule has 1 saturated carbocycles. The minimum atomic E-state index is 0.953. The maximum absolute atomic E-state index is 3.58.